The summed E-state index contributed by atoms with van der Waals surface area (Å²) in [5.74, 6) is 0.841. The van der Waals surface area contributed by atoms with Crippen LogP contribution < -0.4 is 9.64 Å². The Labute approximate surface area is 114 Å². The zero-order valence-corrected chi connectivity index (χ0v) is 11.8. The third-order valence-corrected chi connectivity index (χ3v) is 3.36. The molecule has 1 heterocycles. The summed E-state index contributed by atoms with van der Waals surface area (Å²) >= 11 is 0. The largest absolute Gasteiger partial charge is 0.491 e. The molecule has 0 radical (unpaired) electrons. The lowest BCUT2D eigenvalue weighted by Gasteiger charge is -2.25. The molecule has 1 fully saturated rings. The first-order valence-corrected chi connectivity index (χ1v) is 6.94. The topological polar surface area (TPSA) is 43.1 Å². The smallest absolute Gasteiger partial charge is 0.137 e. The molecule has 0 saturated carbocycles. The second-order valence-electron chi connectivity index (χ2n) is 5.35. The van der Waals surface area contributed by atoms with E-state index in [1.54, 1.807) is 0 Å². The van der Waals surface area contributed by atoms with E-state index in [0.717, 1.165) is 38.6 Å². The van der Waals surface area contributed by atoms with Crippen LogP contribution >= 0.6 is 0 Å². The zero-order valence-electron chi connectivity index (χ0n) is 11.8. The fourth-order valence-corrected chi connectivity index (χ4v) is 2.47. The van der Waals surface area contributed by atoms with E-state index < -0.39 is 6.10 Å². The summed E-state index contributed by atoms with van der Waals surface area (Å²) in [4.78, 5) is 1.39. The molecule has 0 spiro atoms. The molecule has 1 aromatic rings. The minimum absolute atomic E-state index is 0.354. The first-order valence-electron chi connectivity index (χ1n) is 6.94. The summed E-state index contributed by atoms with van der Waals surface area (Å²) in [6.07, 6.45) is -0.422. The highest BCUT2D eigenvalue weighted by atomic mass is 16.5. The van der Waals surface area contributed by atoms with Gasteiger partial charge in [-0.1, -0.05) is 6.07 Å². The third-order valence-electron chi connectivity index (χ3n) is 3.36. The van der Waals surface area contributed by atoms with Crippen LogP contribution in [0.1, 0.15) is 11.1 Å². The number of aliphatic hydroxyl groups is 1. The number of morpholine rings is 1. The Balaban J connectivity index is 1.77. The van der Waals surface area contributed by atoms with Crippen molar-refractivity contribution in [1.29, 1.82) is 0 Å². The van der Waals surface area contributed by atoms with Crippen molar-refractivity contribution >= 4 is 0 Å². The molecule has 0 amide bonds. The number of hydrogen-bond acceptors (Lipinski definition) is 3. The molecule has 0 aliphatic carbocycles. The Bertz CT molecular complexity index is 382. The maximum absolute atomic E-state index is 10.0. The van der Waals surface area contributed by atoms with Crippen molar-refractivity contribution in [2.75, 3.05) is 39.5 Å². The van der Waals surface area contributed by atoms with E-state index in [1.807, 2.05) is 26.0 Å². The monoisotopic (exact) mass is 266 g/mol. The number of quaternary nitrogens is 1. The van der Waals surface area contributed by atoms with Gasteiger partial charge in [-0.15, -0.1) is 0 Å². The summed E-state index contributed by atoms with van der Waals surface area (Å²) in [5.41, 5.74) is 2.37. The van der Waals surface area contributed by atoms with Crippen molar-refractivity contribution in [3.05, 3.63) is 29.3 Å². The molecule has 1 saturated heterocycles. The van der Waals surface area contributed by atoms with Gasteiger partial charge in [-0.3, -0.25) is 0 Å². The van der Waals surface area contributed by atoms with Crippen LogP contribution in [0, 0.1) is 13.8 Å². The molecule has 2 N–H and O–H groups in total. The Morgan fingerprint density at radius 1 is 1.21 bits per heavy atom. The summed E-state index contributed by atoms with van der Waals surface area (Å²) in [7, 11) is 0. The van der Waals surface area contributed by atoms with Gasteiger partial charge >= 0.3 is 0 Å². The third kappa shape index (κ3) is 4.82. The first-order chi connectivity index (χ1) is 9.13. The summed E-state index contributed by atoms with van der Waals surface area (Å²) in [5, 5.41) is 10.0. The van der Waals surface area contributed by atoms with Crippen molar-refractivity contribution in [2.24, 2.45) is 0 Å². The molecule has 19 heavy (non-hydrogen) atoms. The van der Waals surface area contributed by atoms with Crippen LogP contribution in [0.25, 0.3) is 0 Å². The molecule has 106 valence electrons. The average molecular weight is 266 g/mol. The van der Waals surface area contributed by atoms with E-state index in [1.165, 1.54) is 16.0 Å². The molecule has 1 atom stereocenters. The second kappa shape index (κ2) is 6.89. The molecular formula is C15H24NO3+. The summed E-state index contributed by atoms with van der Waals surface area (Å²) in [6, 6.07) is 6.11. The van der Waals surface area contributed by atoms with Crippen LogP contribution in [0.5, 0.6) is 5.75 Å². The predicted octanol–water partition coefficient (Wildman–Crippen LogP) is -0.0418. The SMILES string of the molecule is Cc1cc(C)cc(OC[C@H](O)C[NH+]2CCOCC2)c1. The number of aliphatic hydroxyl groups excluding tert-OH is 1. The molecule has 0 aromatic heterocycles. The highest BCUT2D eigenvalue weighted by Gasteiger charge is 2.18. The van der Waals surface area contributed by atoms with Gasteiger partial charge < -0.3 is 19.5 Å². The minimum atomic E-state index is -0.422. The van der Waals surface area contributed by atoms with Gasteiger partial charge in [0.2, 0.25) is 0 Å². The molecule has 1 aliphatic heterocycles. The van der Waals surface area contributed by atoms with Crippen molar-refractivity contribution in [3.8, 4) is 5.75 Å². The standard InChI is InChI=1S/C15H23NO3/c1-12-7-13(2)9-15(8-12)19-11-14(17)10-16-3-5-18-6-4-16/h7-9,14,17H,3-6,10-11H2,1-2H3/p+1/t14-/m1/s1. The Morgan fingerprint density at radius 2 is 1.84 bits per heavy atom. The number of hydrogen-bond donors (Lipinski definition) is 2. The second-order valence-corrected chi connectivity index (χ2v) is 5.35. The summed E-state index contributed by atoms with van der Waals surface area (Å²) in [6.45, 7) is 8.71. The number of aryl methyl sites for hydroxylation is 2. The Kier molecular flexibility index (Phi) is 5.19. The lowest BCUT2D eigenvalue weighted by Crippen LogP contribution is -3.15. The van der Waals surface area contributed by atoms with Crippen LogP contribution in [0.3, 0.4) is 0 Å². The van der Waals surface area contributed by atoms with Gasteiger partial charge in [-0.2, -0.15) is 0 Å². The van der Waals surface area contributed by atoms with E-state index in [4.69, 9.17) is 9.47 Å². The van der Waals surface area contributed by atoms with Crippen molar-refractivity contribution in [3.63, 3.8) is 0 Å². The lowest BCUT2D eigenvalue weighted by molar-refractivity contribution is -0.911. The van der Waals surface area contributed by atoms with Gasteiger partial charge in [-0.25, -0.2) is 0 Å². The lowest BCUT2D eigenvalue weighted by atomic mass is 10.1. The molecule has 0 unspecified atom stereocenters. The van der Waals surface area contributed by atoms with E-state index in [-0.39, 0.29) is 0 Å². The maximum Gasteiger partial charge on any atom is 0.137 e. The highest BCUT2D eigenvalue weighted by molar-refractivity contribution is 5.32. The van der Waals surface area contributed by atoms with Crippen LogP contribution in [0.15, 0.2) is 18.2 Å². The first kappa shape index (κ1) is 14.3. The van der Waals surface area contributed by atoms with Crippen molar-refractivity contribution in [2.45, 2.75) is 20.0 Å². The molecule has 0 bridgehead atoms. The van der Waals surface area contributed by atoms with Crippen LogP contribution in [-0.4, -0.2) is 50.7 Å². The van der Waals surface area contributed by atoms with Gasteiger partial charge in [0.25, 0.3) is 0 Å². The quantitative estimate of drug-likeness (QED) is 0.786. The molecule has 1 aliphatic rings. The van der Waals surface area contributed by atoms with E-state index >= 15 is 0 Å². The molecule has 4 heteroatoms. The number of benzene rings is 1. The van der Waals surface area contributed by atoms with E-state index in [0.29, 0.717) is 6.61 Å². The van der Waals surface area contributed by atoms with Crippen LogP contribution in [0.2, 0.25) is 0 Å². The minimum Gasteiger partial charge on any atom is -0.491 e. The van der Waals surface area contributed by atoms with E-state index in [9.17, 15) is 5.11 Å². The zero-order chi connectivity index (χ0) is 13.7. The fraction of sp³-hybridized carbons (Fsp3) is 0.600. The molecular weight excluding hydrogens is 242 g/mol. The number of nitrogens with one attached hydrogen (secondary N) is 1. The van der Waals surface area contributed by atoms with Gasteiger partial charge in [-0.05, 0) is 37.1 Å². The summed E-state index contributed by atoms with van der Waals surface area (Å²) < 4.78 is 11.0. The van der Waals surface area contributed by atoms with Crippen LogP contribution in [-0.2, 0) is 4.74 Å². The molecule has 2 rings (SSSR count). The van der Waals surface area contributed by atoms with Crippen molar-refractivity contribution < 1.29 is 19.5 Å². The Morgan fingerprint density at radius 3 is 2.47 bits per heavy atom. The predicted molar refractivity (Wildman–Crippen MR) is 73.8 cm³/mol. The Hall–Kier alpha value is -1.10. The normalized spacial score (nSPS) is 18.3. The van der Waals surface area contributed by atoms with Gasteiger partial charge in [0.1, 0.15) is 38.1 Å². The van der Waals surface area contributed by atoms with Gasteiger partial charge in [0, 0.05) is 0 Å². The molecule has 1 aromatic carbocycles. The van der Waals surface area contributed by atoms with Crippen molar-refractivity contribution in [1.82, 2.24) is 0 Å². The van der Waals surface area contributed by atoms with Gasteiger partial charge in [0.15, 0.2) is 0 Å². The fourth-order valence-electron chi connectivity index (χ4n) is 2.47. The average Bonchev–Trinajstić information content (AvgIpc) is 2.36. The van der Waals surface area contributed by atoms with E-state index in [2.05, 4.69) is 6.07 Å². The number of ether oxygens (including phenoxy) is 2. The highest BCUT2D eigenvalue weighted by Crippen LogP contribution is 2.16. The maximum atomic E-state index is 10.0. The van der Waals surface area contributed by atoms with Crippen LogP contribution in [0.4, 0.5) is 0 Å². The number of rotatable bonds is 5. The molecule has 4 nitrogen and oxygen atoms in total. The van der Waals surface area contributed by atoms with Gasteiger partial charge in [0.05, 0.1) is 13.2 Å².